The SMILES string of the molecule is Fc1ccc(Br)c(CNCc2cccc(Cl)c2Cl)c1. The first kappa shape index (κ1) is 14.8. The van der Waals surface area contributed by atoms with Gasteiger partial charge in [0.25, 0.3) is 0 Å². The summed E-state index contributed by atoms with van der Waals surface area (Å²) in [6.45, 7) is 1.11. The zero-order valence-electron chi connectivity index (χ0n) is 9.89. The van der Waals surface area contributed by atoms with Crippen LogP contribution in [-0.2, 0) is 13.1 Å². The first-order valence-electron chi connectivity index (χ1n) is 5.65. The summed E-state index contributed by atoms with van der Waals surface area (Å²) in [6.07, 6.45) is 0. The molecule has 0 radical (unpaired) electrons. The molecule has 0 amide bonds. The molecule has 5 heteroatoms. The van der Waals surface area contributed by atoms with Crippen LogP contribution in [0, 0.1) is 5.82 Å². The van der Waals surface area contributed by atoms with Crippen LogP contribution in [0.3, 0.4) is 0 Å². The molecule has 2 aromatic carbocycles. The van der Waals surface area contributed by atoms with Gasteiger partial charge in [0, 0.05) is 17.6 Å². The quantitative estimate of drug-likeness (QED) is 0.789. The summed E-state index contributed by atoms with van der Waals surface area (Å²) < 4.78 is 14.0. The van der Waals surface area contributed by atoms with Crippen molar-refractivity contribution in [2.45, 2.75) is 13.1 Å². The van der Waals surface area contributed by atoms with Crippen molar-refractivity contribution in [2.75, 3.05) is 0 Å². The van der Waals surface area contributed by atoms with Gasteiger partial charge in [0.15, 0.2) is 0 Å². The smallest absolute Gasteiger partial charge is 0.123 e. The third-order valence-corrected chi connectivity index (χ3v) is 4.30. The zero-order valence-corrected chi connectivity index (χ0v) is 13.0. The van der Waals surface area contributed by atoms with Gasteiger partial charge in [-0.15, -0.1) is 0 Å². The Balaban J connectivity index is 2.00. The van der Waals surface area contributed by atoms with Crippen molar-refractivity contribution in [2.24, 2.45) is 0 Å². The van der Waals surface area contributed by atoms with E-state index in [0.29, 0.717) is 23.1 Å². The second kappa shape index (κ2) is 6.71. The van der Waals surface area contributed by atoms with E-state index in [0.717, 1.165) is 15.6 Å². The lowest BCUT2D eigenvalue weighted by Gasteiger charge is -2.09. The van der Waals surface area contributed by atoms with Gasteiger partial charge in [-0.2, -0.15) is 0 Å². The molecule has 0 heterocycles. The molecule has 0 fully saturated rings. The number of hydrogen-bond donors (Lipinski definition) is 1. The van der Waals surface area contributed by atoms with E-state index < -0.39 is 0 Å². The van der Waals surface area contributed by atoms with Gasteiger partial charge >= 0.3 is 0 Å². The van der Waals surface area contributed by atoms with Crippen molar-refractivity contribution in [1.82, 2.24) is 5.32 Å². The van der Waals surface area contributed by atoms with Crippen molar-refractivity contribution in [1.29, 1.82) is 0 Å². The molecule has 0 aliphatic carbocycles. The van der Waals surface area contributed by atoms with Gasteiger partial charge in [-0.3, -0.25) is 0 Å². The van der Waals surface area contributed by atoms with Crippen LogP contribution in [-0.4, -0.2) is 0 Å². The molecule has 0 unspecified atom stereocenters. The van der Waals surface area contributed by atoms with E-state index in [1.165, 1.54) is 12.1 Å². The fourth-order valence-corrected chi connectivity index (χ4v) is 2.47. The topological polar surface area (TPSA) is 12.0 Å². The predicted molar refractivity (Wildman–Crippen MR) is 81.1 cm³/mol. The molecule has 0 spiro atoms. The van der Waals surface area contributed by atoms with Gasteiger partial charge in [-0.1, -0.05) is 51.3 Å². The molecule has 1 nitrogen and oxygen atoms in total. The molecule has 100 valence electrons. The van der Waals surface area contributed by atoms with Crippen LogP contribution in [0.15, 0.2) is 40.9 Å². The van der Waals surface area contributed by atoms with Crippen LogP contribution in [0.4, 0.5) is 4.39 Å². The summed E-state index contributed by atoms with van der Waals surface area (Å²) in [6, 6.07) is 10.1. The Hall–Kier alpha value is -0.610. The van der Waals surface area contributed by atoms with Crippen LogP contribution in [0.2, 0.25) is 10.0 Å². The molecule has 0 aliphatic rings. The van der Waals surface area contributed by atoms with Crippen molar-refractivity contribution in [3.8, 4) is 0 Å². The average Bonchev–Trinajstić information content (AvgIpc) is 2.38. The first-order valence-corrected chi connectivity index (χ1v) is 7.20. The van der Waals surface area contributed by atoms with Gasteiger partial charge < -0.3 is 5.32 Å². The van der Waals surface area contributed by atoms with Gasteiger partial charge in [-0.25, -0.2) is 4.39 Å². The molecule has 2 aromatic rings. The van der Waals surface area contributed by atoms with Crippen molar-refractivity contribution in [3.05, 3.63) is 67.9 Å². The Kier molecular flexibility index (Phi) is 5.22. The third kappa shape index (κ3) is 3.93. The van der Waals surface area contributed by atoms with Gasteiger partial charge in [0.2, 0.25) is 0 Å². The first-order chi connectivity index (χ1) is 9.08. The highest BCUT2D eigenvalue weighted by Crippen LogP contribution is 2.25. The third-order valence-electron chi connectivity index (χ3n) is 2.67. The highest BCUT2D eigenvalue weighted by Gasteiger charge is 2.05. The van der Waals surface area contributed by atoms with Crippen LogP contribution >= 0.6 is 39.1 Å². The minimum Gasteiger partial charge on any atom is -0.309 e. The molecule has 0 bridgehead atoms. The Labute approximate surface area is 129 Å². The number of benzene rings is 2. The van der Waals surface area contributed by atoms with Crippen molar-refractivity contribution < 1.29 is 4.39 Å². The number of nitrogens with one attached hydrogen (secondary N) is 1. The van der Waals surface area contributed by atoms with E-state index in [4.69, 9.17) is 23.2 Å². The van der Waals surface area contributed by atoms with Crippen LogP contribution < -0.4 is 5.32 Å². The molecule has 0 atom stereocenters. The summed E-state index contributed by atoms with van der Waals surface area (Å²) in [5, 5.41) is 4.30. The maximum Gasteiger partial charge on any atom is 0.123 e. The van der Waals surface area contributed by atoms with E-state index in [1.54, 1.807) is 12.1 Å². The minimum atomic E-state index is -0.249. The van der Waals surface area contributed by atoms with E-state index >= 15 is 0 Å². The zero-order chi connectivity index (χ0) is 13.8. The Morgan fingerprint density at radius 1 is 1.05 bits per heavy atom. The van der Waals surface area contributed by atoms with Gasteiger partial charge in [0.05, 0.1) is 10.0 Å². The van der Waals surface area contributed by atoms with E-state index in [-0.39, 0.29) is 5.82 Å². The van der Waals surface area contributed by atoms with Gasteiger partial charge in [-0.05, 0) is 35.4 Å². The normalized spacial score (nSPS) is 10.7. The Morgan fingerprint density at radius 2 is 1.79 bits per heavy atom. The van der Waals surface area contributed by atoms with E-state index in [9.17, 15) is 4.39 Å². The predicted octanol–water partition coefficient (Wildman–Crippen LogP) is 5.18. The monoisotopic (exact) mass is 361 g/mol. The lowest BCUT2D eigenvalue weighted by molar-refractivity contribution is 0.619. The molecule has 0 saturated carbocycles. The molecular formula is C14H11BrCl2FN. The molecular weight excluding hydrogens is 352 g/mol. The summed E-state index contributed by atoms with van der Waals surface area (Å²) >= 11 is 15.4. The summed E-state index contributed by atoms with van der Waals surface area (Å²) in [4.78, 5) is 0. The summed E-state index contributed by atoms with van der Waals surface area (Å²) in [5.41, 5.74) is 1.78. The van der Waals surface area contributed by atoms with Crippen LogP contribution in [0.5, 0.6) is 0 Å². The van der Waals surface area contributed by atoms with Crippen LogP contribution in [0.25, 0.3) is 0 Å². The summed E-state index contributed by atoms with van der Waals surface area (Å²) in [7, 11) is 0. The van der Waals surface area contributed by atoms with Gasteiger partial charge in [0.1, 0.15) is 5.82 Å². The molecule has 0 aromatic heterocycles. The Morgan fingerprint density at radius 3 is 2.58 bits per heavy atom. The number of hydrogen-bond acceptors (Lipinski definition) is 1. The minimum absolute atomic E-state index is 0.249. The lowest BCUT2D eigenvalue weighted by Crippen LogP contribution is -2.13. The summed E-state index contributed by atoms with van der Waals surface area (Å²) in [5.74, 6) is -0.249. The second-order valence-corrected chi connectivity index (χ2v) is 5.69. The molecule has 0 saturated heterocycles. The molecule has 2 rings (SSSR count). The lowest BCUT2D eigenvalue weighted by atomic mass is 10.2. The van der Waals surface area contributed by atoms with Crippen LogP contribution in [0.1, 0.15) is 11.1 Å². The van der Waals surface area contributed by atoms with Crippen molar-refractivity contribution in [3.63, 3.8) is 0 Å². The molecule has 1 N–H and O–H groups in total. The largest absolute Gasteiger partial charge is 0.309 e. The van der Waals surface area contributed by atoms with E-state index in [1.807, 2.05) is 12.1 Å². The highest BCUT2D eigenvalue weighted by atomic mass is 79.9. The fourth-order valence-electron chi connectivity index (χ4n) is 1.70. The number of rotatable bonds is 4. The number of halogens is 4. The second-order valence-electron chi connectivity index (χ2n) is 4.05. The Bertz CT molecular complexity index is 588. The fraction of sp³-hybridized carbons (Fsp3) is 0.143. The van der Waals surface area contributed by atoms with E-state index in [2.05, 4.69) is 21.2 Å². The van der Waals surface area contributed by atoms with Crippen molar-refractivity contribution >= 4 is 39.1 Å². The molecule has 19 heavy (non-hydrogen) atoms. The maximum atomic E-state index is 13.1. The average molecular weight is 363 g/mol. The maximum absolute atomic E-state index is 13.1. The standard InChI is InChI=1S/C14H11BrCl2FN/c15-12-5-4-11(18)6-10(12)8-19-7-9-2-1-3-13(16)14(9)17/h1-6,19H,7-8H2. The molecule has 0 aliphatic heterocycles. The highest BCUT2D eigenvalue weighted by molar-refractivity contribution is 9.10.